The molecule has 2 nitrogen and oxygen atoms in total. The average Bonchev–Trinajstić information content (AvgIpc) is 2.59. The molecule has 0 bridgehead atoms. The molecule has 0 saturated heterocycles. The predicted octanol–water partition coefficient (Wildman–Crippen LogP) is 3.00. The van der Waals surface area contributed by atoms with Crippen LogP contribution in [0.15, 0.2) is 16.5 Å². The first-order valence-corrected chi connectivity index (χ1v) is 5.04. The maximum Gasteiger partial charge on any atom is 0.193 e. The van der Waals surface area contributed by atoms with Gasteiger partial charge in [-0.25, -0.2) is 0 Å². The van der Waals surface area contributed by atoms with E-state index in [0.29, 0.717) is 5.22 Å². The molecule has 0 radical (unpaired) electrons. The van der Waals surface area contributed by atoms with Gasteiger partial charge >= 0.3 is 0 Å². The third-order valence-corrected chi connectivity index (χ3v) is 2.07. The predicted molar refractivity (Wildman–Crippen MR) is 58.2 cm³/mol. The minimum absolute atomic E-state index is 0.139. The Morgan fingerprint density at radius 2 is 2.36 bits per heavy atom. The van der Waals surface area contributed by atoms with Crippen LogP contribution in [0.4, 0.5) is 0 Å². The molecule has 0 spiro atoms. The highest BCUT2D eigenvalue weighted by Crippen LogP contribution is 2.21. The number of hydrogen-bond acceptors (Lipinski definition) is 2. The van der Waals surface area contributed by atoms with Gasteiger partial charge in [-0.15, -0.1) is 11.8 Å². The van der Waals surface area contributed by atoms with E-state index in [0.717, 1.165) is 18.7 Å². The van der Waals surface area contributed by atoms with Crippen LogP contribution in [0.3, 0.4) is 0 Å². The van der Waals surface area contributed by atoms with Crippen LogP contribution in [0.25, 0.3) is 0 Å². The lowest BCUT2D eigenvalue weighted by Crippen LogP contribution is -2.19. The van der Waals surface area contributed by atoms with E-state index >= 15 is 0 Å². The van der Waals surface area contributed by atoms with Crippen LogP contribution in [0.1, 0.15) is 32.1 Å². The van der Waals surface area contributed by atoms with Crippen molar-refractivity contribution < 1.29 is 4.42 Å². The maximum absolute atomic E-state index is 5.71. The van der Waals surface area contributed by atoms with E-state index in [-0.39, 0.29) is 6.04 Å². The Morgan fingerprint density at radius 1 is 1.57 bits per heavy atom. The second-order valence-electron chi connectivity index (χ2n) is 2.88. The summed E-state index contributed by atoms with van der Waals surface area (Å²) in [6.07, 6.45) is 0.744. The zero-order valence-corrected chi connectivity index (χ0v) is 9.19. The van der Waals surface area contributed by atoms with Crippen molar-refractivity contribution >= 4 is 11.6 Å². The topological polar surface area (TPSA) is 25.2 Å². The number of furan rings is 1. The molecule has 0 saturated carbocycles. The normalized spacial score (nSPS) is 11.9. The van der Waals surface area contributed by atoms with Gasteiger partial charge in [0, 0.05) is 6.42 Å². The van der Waals surface area contributed by atoms with Crippen LogP contribution in [0.2, 0.25) is 5.22 Å². The molecule has 1 aromatic rings. The number of hydrogen-bond donors (Lipinski definition) is 1. The molecule has 1 aromatic heterocycles. The Bertz CT molecular complexity index is 335. The van der Waals surface area contributed by atoms with Crippen LogP contribution in [-0.4, -0.2) is 6.54 Å². The average molecular weight is 212 g/mol. The summed E-state index contributed by atoms with van der Waals surface area (Å²) >= 11 is 5.71. The molecule has 0 amide bonds. The van der Waals surface area contributed by atoms with Gasteiger partial charge < -0.3 is 9.73 Å². The Kier molecular flexibility index (Phi) is 4.58. The van der Waals surface area contributed by atoms with Crippen LogP contribution >= 0.6 is 11.6 Å². The van der Waals surface area contributed by atoms with Crippen LogP contribution in [0, 0.1) is 11.8 Å². The number of halogens is 1. The highest BCUT2D eigenvalue weighted by molar-refractivity contribution is 6.28. The SMILES string of the molecule is CC#CCC(NCC)c1ccc(Cl)o1. The zero-order chi connectivity index (χ0) is 10.4. The van der Waals surface area contributed by atoms with E-state index in [4.69, 9.17) is 16.0 Å². The van der Waals surface area contributed by atoms with E-state index in [1.54, 1.807) is 6.07 Å². The van der Waals surface area contributed by atoms with Crippen molar-refractivity contribution in [3.05, 3.63) is 23.1 Å². The standard InChI is InChI=1S/C11H14ClNO/c1-3-5-6-9(13-4-2)10-7-8-11(12)14-10/h7-9,13H,4,6H2,1-2H3. The minimum atomic E-state index is 0.139. The summed E-state index contributed by atoms with van der Waals surface area (Å²) in [5, 5.41) is 3.72. The number of nitrogens with one attached hydrogen (secondary N) is 1. The van der Waals surface area contributed by atoms with Gasteiger partial charge in [0.1, 0.15) is 5.76 Å². The van der Waals surface area contributed by atoms with E-state index in [1.165, 1.54) is 0 Å². The molecule has 0 aromatic carbocycles. The third kappa shape index (κ3) is 3.10. The third-order valence-electron chi connectivity index (χ3n) is 1.87. The summed E-state index contributed by atoms with van der Waals surface area (Å²) in [6.45, 7) is 4.77. The lowest BCUT2D eigenvalue weighted by Gasteiger charge is -2.11. The molecule has 1 rings (SSSR count). The second kappa shape index (κ2) is 5.74. The Balaban J connectivity index is 2.69. The van der Waals surface area contributed by atoms with Gasteiger partial charge in [0.05, 0.1) is 6.04 Å². The lowest BCUT2D eigenvalue weighted by molar-refractivity contribution is 0.424. The summed E-state index contributed by atoms with van der Waals surface area (Å²) in [7, 11) is 0. The molecule has 1 atom stereocenters. The molecule has 0 aliphatic carbocycles. The molecule has 0 aliphatic rings. The Hall–Kier alpha value is -0.910. The zero-order valence-electron chi connectivity index (χ0n) is 8.43. The van der Waals surface area contributed by atoms with Crippen molar-refractivity contribution in [2.45, 2.75) is 26.3 Å². The molecule has 1 N–H and O–H groups in total. The molecular weight excluding hydrogens is 198 g/mol. The Labute approximate surface area is 89.6 Å². The lowest BCUT2D eigenvalue weighted by atomic mass is 10.1. The first kappa shape index (κ1) is 11.2. The molecule has 1 unspecified atom stereocenters. The summed E-state index contributed by atoms with van der Waals surface area (Å²) < 4.78 is 5.33. The fourth-order valence-electron chi connectivity index (χ4n) is 1.24. The highest BCUT2D eigenvalue weighted by Gasteiger charge is 2.12. The van der Waals surface area contributed by atoms with E-state index < -0.39 is 0 Å². The van der Waals surface area contributed by atoms with Crippen molar-refractivity contribution in [1.82, 2.24) is 5.32 Å². The van der Waals surface area contributed by atoms with Crippen LogP contribution < -0.4 is 5.32 Å². The van der Waals surface area contributed by atoms with Gasteiger partial charge in [0.25, 0.3) is 0 Å². The molecule has 14 heavy (non-hydrogen) atoms. The van der Waals surface area contributed by atoms with Gasteiger partial charge in [0.15, 0.2) is 5.22 Å². The Morgan fingerprint density at radius 3 is 2.86 bits per heavy atom. The van der Waals surface area contributed by atoms with Gasteiger partial charge in [0.2, 0.25) is 0 Å². The first-order chi connectivity index (χ1) is 6.77. The van der Waals surface area contributed by atoms with E-state index in [9.17, 15) is 0 Å². The van der Waals surface area contributed by atoms with Crippen LogP contribution in [-0.2, 0) is 0 Å². The maximum atomic E-state index is 5.71. The molecule has 76 valence electrons. The van der Waals surface area contributed by atoms with Crippen molar-refractivity contribution in [1.29, 1.82) is 0 Å². The van der Waals surface area contributed by atoms with Gasteiger partial charge in [-0.05, 0) is 37.2 Å². The molecule has 3 heteroatoms. The van der Waals surface area contributed by atoms with Gasteiger partial charge in [-0.3, -0.25) is 0 Å². The van der Waals surface area contributed by atoms with E-state index in [1.807, 2.05) is 13.0 Å². The quantitative estimate of drug-likeness (QED) is 0.775. The van der Waals surface area contributed by atoms with Crippen molar-refractivity contribution in [3.8, 4) is 11.8 Å². The monoisotopic (exact) mass is 211 g/mol. The fraction of sp³-hybridized carbons (Fsp3) is 0.455. The van der Waals surface area contributed by atoms with Gasteiger partial charge in [-0.2, -0.15) is 0 Å². The first-order valence-electron chi connectivity index (χ1n) is 4.66. The summed E-state index contributed by atoms with van der Waals surface area (Å²) in [5.74, 6) is 6.74. The minimum Gasteiger partial charge on any atom is -0.448 e. The van der Waals surface area contributed by atoms with E-state index in [2.05, 4.69) is 24.1 Å². The van der Waals surface area contributed by atoms with Crippen LogP contribution in [0.5, 0.6) is 0 Å². The molecular formula is C11H14ClNO. The van der Waals surface area contributed by atoms with Crippen molar-refractivity contribution in [3.63, 3.8) is 0 Å². The summed E-state index contributed by atoms with van der Waals surface area (Å²) in [6, 6.07) is 3.77. The molecule has 0 aliphatic heterocycles. The fourth-order valence-corrected chi connectivity index (χ4v) is 1.39. The number of rotatable bonds is 4. The highest BCUT2D eigenvalue weighted by atomic mass is 35.5. The smallest absolute Gasteiger partial charge is 0.193 e. The molecule has 1 heterocycles. The summed E-state index contributed by atoms with van der Waals surface area (Å²) in [5.41, 5.74) is 0. The summed E-state index contributed by atoms with van der Waals surface area (Å²) in [4.78, 5) is 0. The largest absolute Gasteiger partial charge is 0.448 e. The van der Waals surface area contributed by atoms with Crippen molar-refractivity contribution in [2.24, 2.45) is 0 Å². The van der Waals surface area contributed by atoms with Crippen molar-refractivity contribution in [2.75, 3.05) is 6.54 Å². The molecule has 0 fully saturated rings. The van der Waals surface area contributed by atoms with Gasteiger partial charge in [-0.1, -0.05) is 6.92 Å². The second-order valence-corrected chi connectivity index (χ2v) is 3.26.